The van der Waals surface area contributed by atoms with E-state index in [1.807, 2.05) is 41.1 Å². The summed E-state index contributed by atoms with van der Waals surface area (Å²) in [5.74, 6) is 0.00307. The van der Waals surface area contributed by atoms with Gasteiger partial charge in [0.1, 0.15) is 12.3 Å². The molecular weight excluding hydrogens is 491 g/mol. The van der Waals surface area contributed by atoms with Gasteiger partial charge in [0.25, 0.3) is 11.8 Å². The van der Waals surface area contributed by atoms with E-state index in [2.05, 4.69) is 38.8 Å². The van der Waals surface area contributed by atoms with Crippen molar-refractivity contribution in [3.8, 4) is 5.75 Å². The number of amides is 2. The van der Waals surface area contributed by atoms with Crippen molar-refractivity contribution < 1.29 is 14.3 Å². The van der Waals surface area contributed by atoms with Crippen LogP contribution in [0, 0.1) is 3.57 Å². The van der Waals surface area contributed by atoms with Crippen molar-refractivity contribution in [3.63, 3.8) is 0 Å². The largest absolute Gasteiger partial charge is 0.496 e. The number of hydrogen-bond donors (Lipinski definition) is 3. The standard InChI is InChI=1S/C19H17IN4O3S/c1-27-16-7-6-13(10-14(16)20)18(26)21-19(28)23-22-17(25)11-24-9-8-12-4-2-3-5-15(12)24/h2-10H,11H2,1H3,(H,22,25)(H2,21,23,26,28). The molecule has 0 aliphatic rings. The fourth-order valence-electron chi connectivity index (χ4n) is 2.61. The van der Waals surface area contributed by atoms with Crippen molar-refractivity contribution in [1.82, 2.24) is 20.7 Å². The summed E-state index contributed by atoms with van der Waals surface area (Å²) in [6.45, 7) is 0.119. The van der Waals surface area contributed by atoms with Crippen molar-refractivity contribution in [2.24, 2.45) is 0 Å². The fourth-order valence-corrected chi connectivity index (χ4v) is 3.49. The number of benzene rings is 2. The third kappa shape index (κ3) is 4.78. The molecule has 0 aliphatic heterocycles. The lowest BCUT2D eigenvalue weighted by molar-refractivity contribution is -0.122. The van der Waals surface area contributed by atoms with E-state index in [1.165, 1.54) is 0 Å². The van der Waals surface area contributed by atoms with E-state index in [-0.39, 0.29) is 23.5 Å². The molecule has 0 atom stereocenters. The van der Waals surface area contributed by atoms with Crippen LogP contribution in [0.5, 0.6) is 5.75 Å². The van der Waals surface area contributed by atoms with E-state index in [9.17, 15) is 9.59 Å². The number of methoxy groups -OCH3 is 1. The Hall–Kier alpha value is -2.66. The molecule has 9 heteroatoms. The minimum absolute atomic E-state index is 0.00143. The van der Waals surface area contributed by atoms with Crippen LogP contribution in [0.2, 0.25) is 0 Å². The normalized spacial score (nSPS) is 10.4. The Morgan fingerprint density at radius 2 is 1.93 bits per heavy atom. The molecule has 0 saturated carbocycles. The molecule has 7 nitrogen and oxygen atoms in total. The van der Waals surface area contributed by atoms with E-state index in [4.69, 9.17) is 17.0 Å². The zero-order chi connectivity index (χ0) is 20.1. The predicted molar refractivity (Wildman–Crippen MR) is 119 cm³/mol. The summed E-state index contributed by atoms with van der Waals surface area (Å²) in [6, 6.07) is 14.7. The minimum atomic E-state index is -0.385. The molecule has 28 heavy (non-hydrogen) atoms. The fraction of sp³-hybridized carbons (Fsp3) is 0.105. The van der Waals surface area contributed by atoms with E-state index in [0.29, 0.717) is 11.3 Å². The van der Waals surface area contributed by atoms with Crippen LogP contribution in [0.1, 0.15) is 10.4 Å². The molecule has 0 aliphatic carbocycles. The molecule has 0 radical (unpaired) electrons. The van der Waals surface area contributed by atoms with E-state index >= 15 is 0 Å². The van der Waals surface area contributed by atoms with Crippen molar-refractivity contribution in [2.45, 2.75) is 6.54 Å². The maximum absolute atomic E-state index is 12.3. The summed E-state index contributed by atoms with van der Waals surface area (Å²) < 4.78 is 7.80. The monoisotopic (exact) mass is 508 g/mol. The maximum Gasteiger partial charge on any atom is 0.258 e. The molecule has 1 aromatic heterocycles. The van der Waals surface area contributed by atoms with Crippen molar-refractivity contribution in [2.75, 3.05) is 7.11 Å². The first-order valence-electron chi connectivity index (χ1n) is 8.25. The Bertz CT molecular complexity index is 1050. The number of fused-ring (bicyclic) bond motifs is 1. The van der Waals surface area contributed by atoms with Gasteiger partial charge in [-0.05, 0) is 70.5 Å². The molecule has 3 aromatic rings. The number of halogens is 1. The summed E-state index contributed by atoms with van der Waals surface area (Å²) in [7, 11) is 1.56. The second kappa shape index (κ2) is 9.02. The second-order valence-corrected chi connectivity index (χ2v) is 7.38. The highest BCUT2D eigenvalue weighted by Crippen LogP contribution is 2.21. The van der Waals surface area contributed by atoms with Gasteiger partial charge >= 0.3 is 0 Å². The Labute approximate surface area is 180 Å². The van der Waals surface area contributed by atoms with Crippen LogP contribution in [0.3, 0.4) is 0 Å². The number of carbonyl (C=O) groups is 2. The summed E-state index contributed by atoms with van der Waals surface area (Å²) in [5, 5.41) is 3.58. The quantitative estimate of drug-likeness (QED) is 0.287. The molecule has 1 heterocycles. The average molecular weight is 508 g/mol. The maximum atomic E-state index is 12.3. The molecule has 2 amide bonds. The van der Waals surface area contributed by atoms with Crippen LogP contribution in [-0.4, -0.2) is 28.6 Å². The third-order valence-corrected chi connectivity index (χ3v) is 5.00. The molecule has 0 fully saturated rings. The summed E-state index contributed by atoms with van der Waals surface area (Å²) in [4.78, 5) is 24.4. The number of aromatic nitrogens is 1. The van der Waals surface area contributed by atoms with Gasteiger partial charge in [-0.1, -0.05) is 18.2 Å². The van der Waals surface area contributed by atoms with Crippen LogP contribution in [0.4, 0.5) is 0 Å². The SMILES string of the molecule is COc1ccc(C(=O)NC(=S)NNC(=O)Cn2ccc3ccccc32)cc1I. The minimum Gasteiger partial charge on any atom is -0.496 e. The highest BCUT2D eigenvalue weighted by Gasteiger charge is 2.11. The molecular formula is C19H17IN4O3S. The van der Waals surface area contributed by atoms with E-state index < -0.39 is 0 Å². The van der Waals surface area contributed by atoms with Gasteiger partial charge in [-0.15, -0.1) is 0 Å². The number of ether oxygens (including phenoxy) is 1. The number of nitrogens with zero attached hydrogens (tertiary/aromatic N) is 1. The zero-order valence-corrected chi connectivity index (χ0v) is 17.8. The van der Waals surface area contributed by atoms with Crippen LogP contribution >= 0.6 is 34.8 Å². The van der Waals surface area contributed by atoms with Crippen molar-refractivity contribution in [3.05, 3.63) is 63.9 Å². The van der Waals surface area contributed by atoms with Gasteiger partial charge in [0.2, 0.25) is 0 Å². The van der Waals surface area contributed by atoms with Gasteiger partial charge in [-0.2, -0.15) is 0 Å². The summed E-state index contributed by atoms with van der Waals surface area (Å²) in [5.41, 5.74) is 6.42. The highest BCUT2D eigenvalue weighted by atomic mass is 127. The molecule has 2 aromatic carbocycles. The first kappa shape index (κ1) is 20.1. The van der Waals surface area contributed by atoms with Crippen molar-refractivity contribution >= 4 is 62.6 Å². The number of thiocarbonyl (C=S) groups is 1. The Kier molecular flexibility index (Phi) is 6.47. The topological polar surface area (TPSA) is 84.4 Å². The van der Waals surface area contributed by atoms with Crippen LogP contribution in [-0.2, 0) is 11.3 Å². The van der Waals surface area contributed by atoms with Crippen LogP contribution < -0.4 is 20.9 Å². The number of carbonyl (C=O) groups excluding carboxylic acids is 2. The zero-order valence-electron chi connectivity index (χ0n) is 14.9. The first-order valence-corrected chi connectivity index (χ1v) is 9.74. The number of hydrazine groups is 1. The third-order valence-electron chi connectivity index (χ3n) is 3.95. The number of hydrogen-bond acceptors (Lipinski definition) is 4. The van der Waals surface area contributed by atoms with E-state index in [0.717, 1.165) is 14.5 Å². The molecule has 144 valence electrons. The Morgan fingerprint density at radius 3 is 2.68 bits per heavy atom. The lowest BCUT2D eigenvalue weighted by Crippen LogP contribution is -2.49. The summed E-state index contributed by atoms with van der Waals surface area (Å²) >= 11 is 7.15. The first-order chi connectivity index (χ1) is 13.5. The number of para-hydroxylation sites is 1. The number of rotatable bonds is 4. The lowest BCUT2D eigenvalue weighted by atomic mass is 10.2. The van der Waals surface area contributed by atoms with Gasteiger partial charge in [0, 0.05) is 17.3 Å². The second-order valence-electron chi connectivity index (χ2n) is 5.81. The van der Waals surface area contributed by atoms with Gasteiger partial charge < -0.3 is 9.30 Å². The van der Waals surface area contributed by atoms with Crippen molar-refractivity contribution in [1.29, 1.82) is 0 Å². The Balaban J connectivity index is 1.51. The molecule has 0 saturated heterocycles. The van der Waals surface area contributed by atoms with Gasteiger partial charge in [-0.3, -0.25) is 25.8 Å². The highest BCUT2D eigenvalue weighted by molar-refractivity contribution is 14.1. The molecule has 3 N–H and O–H groups in total. The molecule has 0 unspecified atom stereocenters. The van der Waals surface area contributed by atoms with Crippen LogP contribution in [0.15, 0.2) is 54.7 Å². The van der Waals surface area contributed by atoms with Gasteiger partial charge in [0.05, 0.1) is 10.7 Å². The van der Waals surface area contributed by atoms with Crippen LogP contribution in [0.25, 0.3) is 10.9 Å². The summed E-state index contributed by atoms with van der Waals surface area (Å²) in [6.07, 6.45) is 1.84. The average Bonchev–Trinajstić information content (AvgIpc) is 3.09. The van der Waals surface area contributed by atoms with Gasteiger partial charge in [-0.25, -0.2) is 0 Å². The molecule has 0 bridgehead atoms. The Morgan fingerprint density at radius 1 is 1.14 bits per heavy atom. The lowest BCUT2D eigenvalue weighted by Gasteiger charge is -2.12. The molecule has 0 spiro atoms. The smallest absolute Gasteiger partial charge is 0.258 e. The molecule has 3 rings (SSSR count). The number of nitrogens with one attached hydrogen (secondary N) is 3. The predicted octanol–water partition coefficient (Wildman–Crippen LogP) is 2.59. The van der Waals surface area contributed by atoms with E-state index in [1.54, 1.807) is 25.3 Å². The van der Waals surface area contributed by atoms with Gasteiger partial charge in [0.15, 0.2) is 5.11 Å².